The number of halogens is 1. The Morgan fingerprint density at radius 2 is 1.85 bits per heavy atom. The van der Waals surface area contributed by atoms with E-state index in [0.717, 1.165) is 11.1 Å². The summed E-state index contributed by atoms with van der Waals surface area (Å²) < 4.78 is 41.3. The van der Waals surface area contributed by atoms with E-state index in [9.17, 15) is 12.8 Å². The quantitative estimate of drug-likeness (QED) is 0.816. The van der Waals surface area contributed by atoms with Crippen molar-refractivity contribution in [3.05, 3.63) is 65.5 Å². The Bertz CT molecular complexity index is 785. The van der Waals surface area contributed by atoms with Gasteiger partial charge in [0.25, 0.3) is 0 Å². The van der Waals surface area contributed by atoms with Gasteiger partial charge in [-0.3, -0.25) is 4.28 Å². The van der Waals surface area contributed by atoms with Gasteiger partial charge < -0.3 is 0 Å². The fourth-order valence-electron chi connectivity index (χ4n) is 1.96. The molecule has 0 aromatic heterocycles. The second-order valence-electron chi connectivity index (χ2n) is 4.36. The molecule has 20 heavy (non-hydrogen) atoms. The highest BCUT2D eigenvalue weighted by Gasteiger charge is 2.24. The minimum atomic E-state index is -3.90. The molecule has 0 saturated carbocycles. The van der Waals surface area contributed by atoms with E-state index in [1.54, 1.807) is 24.3 Å². The third-order valence-electron chi connectivity index (χ3n) is 3.01. The van der Waals surface area contributed by atoms with E-state index in [1.165, 1.54) is 24.3 Å². The summed E-state index contributed by atoms with van der Waals surface area (Å²) in [5, 5.41) is 3.65. The largest absolute Gasteiger partial charge is 0.358 e. The summed E-state index contributed by atoms with van der Waals surface area (Å²) in [5.41, 5.74) is 2.01. The lowest BCUT2D eigenvalue weighted by molar-refractivity contribution is 0.337. The Hall–Kier alpha value is -2.21. The Balaban J connectivity index is 1.81. The Morgan fingerprint density at radius 1 is 1.10 bits per heavy atom. The van der Waals surface area contributed by atoms with Gasteiger partial charge in [-0.15, -0.1) is 0 Å². The maximum atomic E-state index is 12.9. The molecule has 0 N–H and O–H groups in total. The van der Waals surface area contributed by atoms with E-state index < -0.39 is 10.1 Å². The average Bonchev–Trinajstić information content (AvgIpc) is 2.42. The number of oxime groups is 1. The van der Waals surface area contributed by atoms with Crippen LogP contribution >= 0.6 is 0 Å². The highest BCUT2D eigenvalue weighted by atomic mass is 32.2. The third kappa shape index (κ3) is 2.30. The van der Waals surface area contributed by atoms with Crippen molar-refractivity contribution in [3.8, 4) is 0 Å². The van der Waals surface area contributed by atoms with Gasteiger partial charge in [0.05, 0.1) is 5.71 Å². The molecule has 2 aromatic rings. The summed E-state index contributed by atoms with van der Waals surface area (Å²) in [5.74, 6) is -0.319. The predicted octanol–water partition coefficient (Wildman–Crippen LogP) is 2.49. The highest BCUT2D eigenvalue weighted by Crippen LogP contribution is 2.25. The van der Waals surface area contributed by atoms with Crippen LogP contribution in [0, 0.1) is 5.82 Å². The molecule has 4 nitrogen and oxygen atoms in total. The van der Waals surface area contributed by atoms with Gasteiger partial charge in [-0.1, -0.05) is 23.4 Å². The molecule has 0 aliphatic heterocycles. The van der Waals surface area contributed by atoms with E-state index in [4.69, 9.17) is 0 Å². The van der Waals surface area contributed by atoms with Crippen LogP contribution in [-0.2, 0) is 20.8 Å². The van der Waals surface area contributed by atoms with Crippen LogP contribution < -0.4 is 0 Å². The minimum absolute atomic E-state index is 0.0444. The van der Waals surface area contributed by atoms with Gasteiger partial charge >= 0.3 is 10.1 Å². The van der Waals surface area contributed by atoms with Crippen molar-refractivity contribution in [1.82, 2.24) is 0 Å². The van der Waals surface area contributed by atoms with Crippen molar-refractivity contribution >= 4 is 15.8 Å². The standard InChI is InChI=1S/C14H10FNO3S/c15-11-6-7-13-10(8-11)9-14(13)16-19-20(17,18)12-4-2-1-3-5-12/h1-8H,9H2. The van der Waals surface area contributed by atoms with E-state index in [2.05, 4.69) is 9.44 Å². The van der Waals surface area contributed by atoms with E-state index in [0.29, 0.717) is 12.1 Å². The number of hydrogen-bond acceptors (Lipinski definition) is 4. The van der Waals surface area contributed by atoms with Crippen LogP contribution in [0.15, 0.2) is 58.6 Å². The molecule has 0 heterocycles. The molecule has 0 fully saturated rings. The fraction of sp³-hybridized carbons (Fsp3) is 0.0714. The molecule has 102 valence electrons. The Labute approximate surface area is 115 Å². The maximum Gasteiger partial charge on any atom is 0.358 e. The van der Waals surface area contributed by atoms with Gasteiger partial charge in [0.1, 0.15) is 10.7 Å². The topological polar surface area (TPSA) is 55.7 Å². The Kier molecular flexibility index (Phi) is 3.02. The van der Waals surface area contributed by atoms with Crippen LogP contribution in [0.5, 0.6) is 0 Å². The van der Waals surface area contributed by atoms with Crippen molar-refractivity contribution in [2.45, 2.75) is 11.3 Å². The summed E-state index contributed by atoms with van der Waals surface area (Å²) in [7, 11) is -3.90. The zero-order valence-electron chi connectivity index (χ0n) is 10.3. The smallest absolute Gasteiger partial charge is 0.264 e. The van der Waals surface area contributed by atoms with Crippen LogP contribution in [-0.4, -0.2) is 14.1 Å². The first-order chi connectivity index (χ1) is 9.56. The highest BCUT2D eigenvalue weighted by molar-refractivity contribution is 7.86. The molecule has 3 rings (SSSR count). The summed E-state index contributed by atoms with van der Waals surface area (Å²) >= 11 is 0. The van der Waals surface area contributed by atoms with Crippen molar-refractivity contribution in [2.24, 2.45) is 5.16 Å². The molecule has 0 bridgehead atoms. The zero-order chi connectivity index (χ0) is 14.2. The number of benzene rings is 2. The predicted molar refractivity (Wildman–Crippen MR) is 71.4 cm³/mol. The summed E-state index contributed by atoms with van der Waals surface area (Å²) in [6.45, 7) is 0. The molecular formula is C14H10FNO3S. The lowest BCUT2D eigenvalue weighted by atomic mass is 9.86. The van der Waals surface area contributed by atoms with Gasteiger partial charge in [-0.25, -0.2) is 4.39 Å². The first-order valence-corrected chi connectivity index (χ1v) is 7.31. The van der Waals surface area contributed by atoms with Crippen molar-refractivity contribution in [3.63, 3.8) is 0 Å². The minimum Gasteiger partial charge on any atom is -0.264 e. The third-order valence-corrected chi connectivity index (χ3v) is 4.13. The monoisotopic (exact) mass is 291 g/mol. The lowest BCUT2D eigenvalue weighted by Crippen LogP contribution is -2.21. The van der Waals surface area contributed by atoms with Gasteiger partial charge in [0.15, 0.2) is 0 Å². The molecule has 2 aromatic carbocycles. The van der Waals surface area contributed by atoms with Crippen LogP contribution in [0.3, 0.4) is 0 Å². The van der Waals surface area contributed by atoms with Crippen LogP contribution in [0.4, 0.5) is 4.39 Å². The van der Waals surface area contributed by atoms with Gasteiger partial charge in [-0.2, -0.15) is 8.42 Å². The average molecular weight is 291 g/mol. The first kappa shape index (κ1) is 12.8. The fourth-order valence-corrected chi connectivity index (χ4v) is 2.73. The second-order valence-corrected chi connectivity index (χ2v) is 5.89. The molecule has 1 aliphatic rings. The van der Waals surface area contributed by atoms with Crippen molar-refractivity contribution in [2.75, 3.05) is 0 Å². The molecule has 1 aliphatic carbocycles. The molecule has 0 spiro atoms. The maximum absolute atomic E-state index is 12.9. The van der Waals surface area contributed by atoms with Crippen molar-refractivity contribution in [1.29, 1.82) is 0 Å². The summed E-state index contributed by atoms with van der Waals surface area (Å²) in [6.07, 6.45) is 0.400. The van der Waals surface area contributed by atoms with Crippen LogP contribution in [0.25, 0.3) is 0 Å². The number of fused-ring (bicyclic) bond motifs is 1. The molecule has 0 radical (unpaired) electrons. The Morgan fingerprint density at radius 3 is 2.55 bits per heavy atom. The van der Waals surface area contributed by atoms with Gasteiger partial charge in [0.2, 0.25) is 0 Å². The van der Waals surface area contributed by atoms with Crippen LogP contribution in [0.1, 0.15) is 11.1 Å². The molecule has 0 saturated heterocycles. The molecule has 0 amide bonds. The van der Waals surface area contributed by atoms with Crippen LogP contribution in [0.2, 0.25) is 0 Å². The SMILES string of the molecule is O=S(=O)(ON=C1Cc2cc(F)ccc21)c1ccccc1. The van der Waals surface area contributed by atoms with Gasteiger partial charge in [0, 0.05) is 12.0 Å². The summed E-state index contributed by atoms with van der Waals surface area (Å²) in [6, 6.07) is 12.0. The van der Waals surface area contributed by atoms with E-state index in [1.807, 2.05) is 0 Å². The van der Waals surface area contributed by atoms with Crippen molar-refractivity contribution < 1.29 is 17.1 Å². The molecule has 0 atom stereocenters. The van der Waals surface area contributed by atoms with Gasteiger partial charge in [-0.05, 0) is 35.9 Å². The first-order valence-electron chi connectivity index (χ1n) is 5.91. The zero-order valence-corrected chi connectivity index (χ0v) is 11.1. The number of hydrogen-bond donors (Lipinski definition) is 0. The lowest BCUT2D eigenvalue weighted by Gasteiger charge is -2.20. The summed E-state index contributed by atoms with van der Waals surface area (Å²) in [4.78, 5) is 0.0444. The molecule has 6 heteroatoms. The number of rotatable bonds is 3. The molecule has 0 unspecified atom stereocenters. The number of nitrogens with zero attached hydrogens (tertiary/aromatic N) is 1. The van der Waals surface area contributed by atoms with E-state index in [-0.39, 0.29) is 10.7 Å². The van der Waals surface area contributed by atoms with E-state index >= 15 is 0 Å². The second kappa shape index (κ2) is 4.72. The normalized spacial score (nSPS) is 15.6. The molecular weight excluding hydrogens is 281 g/mol.